The summed E-state index contributed by atoms with van der Waals surface area (Å²) in [6.45, 7) is 13.1. The molecule has 1 aliphatic rings. The molecule has 0 atom stereocenters. The smallest absolute Gasteiger partial charge is 0.191 e. The summed E-state index contributed by atoms with van der Waals surface area (Å²) in [6, 6.07) is 1.20. The lowest BCUT2D eigenvalue weighted by atomic mass is 10.1. The Hall–Kier alpha value is -0.0400. The van der Waals surface area contributed by atoms with Gasteiger partial charge in [-0.3, -0.25) is 9.89 Å². The molecule has 0 spiro atoms. The highest BCUT2D eigenvalue weighted by atomic mass is 127. The maximum Gasteiger partial charge on any atom is 0.191 e. The Kier molecular flexibility index (Phi) is 10.6. The number of nitrogens with zero attached hydrogens (tertiary/aromatic N) is 3. The fraction of sp³-hybridized carbons (Fsp3) is 0.933. The highest BCUT2D eigenvalue weighted by Gasteiger charge is 2.13. The second-order valence-corrected chi connectivity index (χ2v) is 6.07. The summed E-state index contributed by atoms with van der Waals surface area (Å²) in [5, 5.41) is 0. The molecule has 0 aliphatic carbocycles. The third-order valence-electron chi connectivity index (χ3n) is 3.85. The van der Waals surface area contributed by atoms with Crippen LogP contribution in [0.3, 0.4) is 0 Å². The van der Waals surface area contributed by atoms with Crippen LogP contribution in [-0.2, 0) is 0 Å². The summed E-state index contributed by atoms with van der Waals surface area (Å²) in [6.07, 6.45) is 4.93. The van der Waals surface area contributed by atoms with E-state index < -0.39 is 0 Å². The number of halogens is 1. The third-order valence-corrected chi connectivity index (χ3v) is 3.85. The molecule has 2 N–H and O–H groups in total. The molecule has 1 fully saturated rings. The van der Waals surface area contributed by atoms with Crippen LogP contribution in [-0.4, -0.2) is 54.0 Å². The Balaban J connectivity index is 0.00000361. The molecule has 0 saturated carbocycles. The molecule has 0 amide bonds. The summed E-state index contributed by atoms with van der Waals surface area (Å²) in [4.78, 5) is 9.27. The van der Waals surface area contributed by atoms with Gasteiger partial charge in [-0.05, 0) is 53.4 Å². The Labute approximate surface area is 142 Å². The monoisotopic (exact) mass is 396 g/mol. The van der Waals surface area contributed by atoms with Gasteiger partial charge in [0.15, 0.2) is 5.96 Å². The minimum absolute atomic E-state index is 0. The Bertz CT molecular complexity index is 265. The molecule has 0 bridgehead atoms. The molecule has 120 valence electrons. The van der Waals surface area contributed by atoms with Crippen LogP contribution >= 0.6 is 24.0 Å². The zero-order chi connectivity index (χ0) is 14.3. The van der Waals surface area contributed by atoms with Gasteiger partial charge in [-0.1, -0.05) is 0 Å². The van der Waals surface area contributed by atoms with Crippen LogP contribution < -0.4 is 5.73 Å². The van der Waals surface area contributed by atoms with Crippen molar-refractivity contribution >= 4 is 29.9 Å². The van der Waals surface area contributed by atoms with E-state index in [-0.39, 0.29) is 24.0 Å². The van der Waals surface area contributed by atoms with Gasteiger partial charge in [0.1, 0.15) is 0 Å². The molecular formula is C15H33IN4. The quantitative estimate of drug-likeness (QED) is 0.325. The van der Waals surface area contributed by atoms with Crippen molar-refractivity contribution in [3.05, 3.63) is 0 Å². The van der Waals surface area contributed by atoms with Crippen molar-refractivity contribution in [1.29, 1.82) is 0 Å². The molecular weight excluding hydrogens is 363 g/mol. The SMILES string of the molecule is CC(C)N(CCCN=C(N)N1CCCCC1)C(C)C.I. The molecule has 1 saturated heterocycles. The molecule has 4 nitrogen and oxygen atoms in total. The van der Waals surface area contributed by atoms with Gasteiger partial charge in [-0.25, -0.2) is 0 Å². The average Bonchev–Trinajstić information content (AvgIpc) is 2.38. The van der Waals surface area contributed by atoms with Crippen molar-refractivity contribution in [3.63, 3.8) is 0 Å². The zero-order valence-corrected chi connectivity index (χ0v) is 16.0. The van der Waals surface area contributed by atoms with Gasteiger partial charge >= 0.3 is 0 Å². The first-order valence-electron chi connectivity index (χ1n) is 7.83. The van der Waals surface area contributed by atoms with Gasteiger partial charge in [0.25, 0.3) is 0 Å². The van der Waals surface area contributed by atoms with E-state index >= 15 is 0 Å². The number of rotatable bonds is 6. The van der Waals surface area contributed by atoms with Gasteiger partial charge in [-0.2, -0.15) is 0 Å². The van der Waals surface area contributed by atoms with E-state index in [2.05, 4.69) is 42.5 Å². The van der Waals surface area contributed by atoms with Crippen LogP contribution in [0, 0.1) is 0 Å². The molecule has 1 aliphatic heterocycles. The summed E-state index contributed by atoms with van der Waals surface area (Å²) in [5.74, 6) is 0.750. The second kappa shape index (κ2) is 10.7. The number of piperidine rings is 1. The lowest BCUT2D eigenvalue weighted by molar-refractivity contribution is 0.174. The number of likely N-dealkylation sites (tertiary alicyclic amines) is 1. The lowest BCUT2D eigenvalue weighted by Gasteiger charge is -2.30. The molecule has 0 aromatic carbocycles. The largest absolute Gasteiger partial charge is 0.370 e. The molecule has 0 radical (unpaired) electrons. The van der Waals surface area contributed by atoms with Crippen molar-refractivity contribution in [1.82, 2.24) is 9.80 Å². The number of aliphatic imine (C=N–C) groups is 1. The Morgan fingerprint density at radius 3 is 2.15 bits per heavy atom. The van der Waals surface area contributed by atoms with Crippen molar-refractivity contribution in [2.45, 2.75) is 65.5 Å². The fourth-order valence-corrected chi connectivity index (χ4v) is 2.78. The normalized spacial score (nSPS) is 16.9. The molecule has 1 rings (SSSR count). The van der Waals surface area contributed by atoms with Crippen LogP contribution in [0.4, 0.5) is 0 Å². The van der Waals surface area contributed by atoms with Crippen molar-refractivity contribution < 1.29 is 0 Å². The predicted octanol–water partition coefficient (Wildman–Crippen LogP) is 2.91. The highest BCUT2D eigenvalue weighted by molar-refractivity contribution is 14.0. The predicted molar refractivity (Wildman–Crippen MR) is 98.9 cm³/mol. The van der Waals surface area contributed by atoms with E-state index in [1.807, 2.05) is 0 Å². The second-order valence-electron chi connectivity index (χ2n) is 6.07. The maximum absolute atomic E-state index is 6.05. The van der Waals surface area contributed by atoms with Crippen LogP contribution in [0.15, 0.2) is 4.99 Å². The lowest BCUT2D eigenvalue weighted by Crippen LogP contribution is -2.41. The third kappa shape index (κ3) is 7.11. The van der Waals surface area contributed by atoms with E-state index in [0.717, 1.165) is 38.6 Å². The summed E-state index contributed by atoms with van der Waals surface area (Å²) >= 11 is 0. The Morgan fingerprint density at radius 2 is 1.65 bits per heavy atom. The number of hydrogen-bond donors (Lipinski definition) is 1. The maximum atomic E-state index is 6.05. The minimum Gasteiger partial charge on any atom is -0.370 e. The van der Waals surface area contributed by atoms with E-state index in [1.165, 1.54) is 19.3 Å². The van der Waals surface area contributed by atoms with Crippen LogP contribution in [0.25, 0.3) is 0 Å². The summed E-state index contributed by atoms with van der Waals surface area (Å²) in [7, 11) is 0. The molecule has 0 aromatic heterocycles. The minimum atomic E-state index is 0. The van der Waals surface area contributed by atoms with Crippen molar-refractivity contribution in [2.75, 3.05) is 26.2 Å². The average molecular weight is 396 g/mol. The van der Waals surface area contributed by atoms with Gasteiger partial charge < -0.3 is 10.6 Å². The van der Waals surface area contributed by atoms with E-state index in [1.54, 1.807) is 0 Å². The molecule has 0 aromatic rings. The van der Waals surface area contributed by atoms with Crippen LogP contribution in [0.5, 0.6) is 0 Å². The number of hydrogen-bond acceptors (Lipinski definition) is 2. The topological polar surface area (TPSA) is 44.9 Å². The van der Waals surface area contributed by atoms with Gasteiger partial charge in [0.2, 0.25) is 0 Å². The van der Waals surface area contributed by atoms with Crippen LogP contribution in [0.1, 0.15) is 53.4 Å². The van der Waals surface area contributed by atoms with E-state index in [9.17, 15) is 0 Å². The first kappa shape index (κ1) is 20.0. The zero-order valence-electron chi connectivity index (χ0n) is 13.6. The molecule has 1 heterocycles. The molecule has 20 heavy (non-hydrogen) atoms. The van der Waals surface area contributed by atoms with Gasteiger partial charge in [-0.15, -0.1) is 24.0 Å². The number of guanidine groups is 1. The Morgan fingerprint density at radius 1 is 1.10 bits per heavy atom. The van der Waals surface area contributed by atoms with Crippen molar-refractivity contribution in [2.24, 2.45) is 10.7 Å². The highest BCUT2D eigenvalue weighted by Crippen LogP contribution is 2.08. The number of nitrogens with two attached hydrogens (primary N) is 1. The van der Waals surface area contributed by atoms with Gasteiger partial charge in [0.05, 0.1) is 0 Å². The first-order valence-corrected chi connectivity index (χ1v) is 7.83. The molecule has 5 heteroatoms. The van der Waals surface area contributed by atoms with E-state index in [4.69, 9.17) is 5.73 Å². The summed E-state index contributed by atoms with van der Waals surface area (Å²) in [5.41, 5.74) is 6.05. The van der Waals surface area contributed by atoms with Gasteiger partial charge in [0, 0.05) is 38.3 Å². The fourth-order valence-electron chi connectivity index (χ4n) is 2.78. The standard InChI is InChI=1S/C15H32N4.HI/c1-13(2)19(14(3)4)12-8-9-17-15(16)18-10-6-5-7-11-18;/h13-14H,5-12H2,1-4H3,(H2,16,17);1H. The summed E-state index contributed by atoms with van der Waals surface area (Å²) < 4.78 is 0. The first-order chi connectivity index (χ1) is 9.02. The van der Waals surface area contributed by atoms with Crippen molar-refractivity contribution in [3.8, 4) is 0 Å². The van der Waals surface area contributed by atoms with E-state index in [0.29, 0.717) is 12.1 Å². The van der Waals surface area contributed by atoms with Crippen LogP contribution in [0.2, 0.25) is 0 Å². The molecule has 0 unspecified atom stereocenters.